The molecule has 3 aromatic rings. The molecule has 0 N–H and O–H groups in total. The average molecular weight is 404 g/mol. The molecule has 0 bridgehead atoms. The number of fused-ring (bicyclic) bond motifs is 2. The molecule has 0 saturated carbocycles. The van der Waals surface area contributed by atoms with Gasteiger partial charge in [0.25, 0.3) is 0 Å². The molecule has 2 aliphatic rings. The maximum Gasteiger partial charge on any atom is 0.348 e. The Morgan fingerprint density at radius 3 is 2.03 bits per heavy atom. The number of cyclic esters (lactones) is 1. The fourth-order valence-electron chi connectivity index (χ4n) is 4.09. The van der Waals surface area contributed by atoms with Gasteiger partial charge in [-0.1, -0.05) is 36.4 Å². The summed E-state index contributed by atoms with van der Waals surface area (Å²) in [5.74, 6) is 0.423. The third-order valence-corrected chi connectivity index (χ3v) is 7.84. The van der Waals surface area contributed by atoms with E-state index >= 15 is 0 Å². The highest BCUT2D eigenvalue weighted by Crippen LogP contribution is 2.40. The van der Waals surface area contributed by atoms with E-state index < -0.39 is 11.7 Å². The Morgan fingerprint density at radius 1 is 0.897 bits per heavy atom. The first kappa shape index (κ1) is 18.3. The zero-order chi connectivity index (χ0) is 20.0. The first-order valence-corrected chi connectivity index (χ1v) is 11.1. The van der Waals surface area contributed by atoms with Gasteiger partial charge < -0.3 is 9.47 Å². The van der Waals surface area contributed by atoms with Gasteiger partial charge in [-0.3, -0.25) is 0 Å². The van der Waals surface area contributed by atoms with Crippen molar-refractivity contribution in [1.29, 1.82) is 0 Å². The monoisotopic (exact) mass is 403 g/mol. The standard InChI is InChI=1S/C25H23O3S/c1-25(2)16-21(24(26)28-25)27-19-11-13-20(14-12-19)29-22-9-5-3-7-17(22)15-18-8-4-6-10-23(18)29/h3-14,21H,15-16H2,1-2H3/q+1. The summed E-state index contributed by atoms with van der Waals surface area (Å²) in [4.78, 5) is 16.1. The quantitative estimate of drug-likeness (QED) is 0.350. The van der Waals surface area contributed by atoms with Crippen LogP contribution in [0.15, 0.2) is 87.5 Å². The van der Waals surface area contributed by atoms with Gasteiger partial charge in [0.15, 0.2) is 20.8 Å². The van der Waals surface area contributed by atoms with E-state index in [2.05, 4.69) is 60.7 Å². The lowest BCUT2D eigenvalue weighted by Gasteiger charge is -2.19. The summed E-state index contributed by atoms with van der Waals surface area (Å²) in [6.45, 7) is 3.83. The highest BCUT2D eigenvalue weighted by Gasteiger charge is 2.42. The molecule has 3 nitrogen and oxygen atoms in total. The van der Waals surface area contributed by atoms with Gasteiger partial charge >= 0.3 is 5.97 Å². The van der Waals surface area contributed by atoms with Crippen LogP contribution >= 0.6 is 0 Å². The number of benzene rings is 3. The third-order valence-electron chi connectivity index (χ3n) is 5.42. The molecule has 0 aliphatic carbocycles. The molecule has 0 aromatic heterocycles. The van der Waals surface area contributed by atoms with Crippen LogP contribution in [0.3, 0.4) is 0 Å². The predicted molar refractivity (Wildman–Crippen MR) is 113 cm³/mol. The van der Waals surface area contributed by atoms with Gasteiger partial charge in [-0.15, -0.1) is 0 Å². The summed E-state index contributed by atoms with van der Waals surface area (Å²) in [5.41, 5.74) is 2.33. The summed E-state index contributed by atoms with van der Waals surface area (Å²) in [6.07, 6.45) is 1.02. The molecular weight excluding hydrogens is 380 g/mol. The number of hydrogen-bond acceptors (Lipinski definition) is 3. The van der Waals surface area contributed by atoms with Gasteiger partial charge in [0.1, 0.15) is 11.4 Å². The van der Waals surface area contributed by atoms with Crippen molar-refractivity contribution in [2.24, 2.45) is 0 Å². The molecule has 29 heavy (non-hydrogen) atoms. The van der Waals surface area contributed by atoms with Gasteiger partial charge in [-0.25, -0.2) is 4.79 Å². The number of hydrogen-bond donors (Lipinski definition) is 0. The maximum atomic E-state index is 12.0. The Balaban J connectivity index is 1.46. The van der Waals surface area contributed by atoms with Crippen LogP contribution in [0.25, 0.3) is 0 Å². The van der Waals surface area contributed by atoms with E-state index in [-0.39, 0.29) is 16.9 Å². The van der Waals surface area contributed by atoms with Gasteiger partial charge in [0.2, 0.25) is 0 Å². The number of rotatable bonds is 3. The Kier molecular flexibility index (Phi) is 4.39. The van der Waals surface area contributed by atoms with E-state index in [4.69, 9.17) is 9.47 Å². The summed E-state index contributed by atoms with van der Waals surface area (Å²) >= 11 is 0. The molecule has 1 atom stereocenters. The Labute approximate surface area is 174 Å². The minimum Gasteiger partial charge on any atom is -0.479 e. The number of carbonyl (C=O) groups excluding carboxylic acids is 1. The van der Waals surface area contributed by atoms with Crippen LogP contribution in [0.2, 0.25) is 0 Å². The maximum absolute atomic E-state index is 12.0. The second-order valence-electron chi connectivity index (χ2n) is 8.16. The molecule has 1 fully saturated rings. The smallest absolute Gasteiger partial charge is 0.348 e. The van der Waals surface area contributed by atoms with Crippen molar-refractivity contribution in [3.05, 3.63) is 83.9 Å². The van der Waals surface area contributed by atoms with Crippen LogP contribution in [0.4, 0.5) is 0 Å². The van der Waals surface area contributed by atoms with Crippen LogP contribution < -0.4 is 4.74 Å². The van der Waals surface area contributed by atoms with Crippen molar-refractivity contribution in [2.45, 2.75) is 53.1 Å². The summed E-state index contributed by atoms with van der Waals surface area (Å²) < 4.78 is 11.3. The van der Waals surface area contributed by atoms with E-state index in [1.54, 1.807) is 0 Å². The molecule has 146 valence electrons. The number of esters is 1. The van der Waals surface area contributed by atoms with E-state index in [1.165, 1.54) is 25.8 Å². The van der Waals surface area contributed by atoms with Crippen molar-refractivity contribution >= 4 is 16.9 Å². The molecule has 1 saturated heterocycles. The van der Waals surface area contributed by atoms with E-state index in [9.17, 15) is 4.79 Å². The second-order valence-corrected chi connectivity index (χ2v) is 10.1. The minimum atomic E-state index is -0.533. The van der Waals surface area contributed by atoms with Crippen molar-refractivity contribution < 1.29 is 14.3 Å². The lowest BCUT2D eigenvalue weighted by Crippen LogP contribution is -2.22. The van der Waals surface area contributed by atoms with Gasteiger partial charge in [0, 0.05) is 24.0 Å². The van der Waals surface area contributed by atoms with Crippen molar-refractivity contribution in [1.82, 2.24) is 0 Å². The van der Waals surface area contributed by atoms with Crippen LogP contribution in [0.5, 0.6) is 5.75 Å². The van der Waals surface area contributed by atoms with Crippen LogP contribution in [-0.4, -0.2) is 17.7 Å². The largest absolute Gasteiger partial charge is 0.479 e. The topological polar surface area (TPSA) is 35.5 Å². The fourth-order valence-corrected chi connectivity index (χ4v) is 6.48. The predicted octanol–water partition coefficient (Wildman–Crippen LogP) is 5.16. The zero-order valence-corrected chi connectivity index (χ0v) is 17.4. The zero-order valence-electron chi connectivity index (χ0n) is 16.6. The van der Waals surface area contributed by atoms with E-state index in [1.807, 2.05) is 26.0 Å². The SMILES string of the molecule is CC1(C)CC(Oc2ccc([S+]3c4ccccc4Cc4ccccc43)cc2)C(=O)O1. The van der Waals surface area contributed by atoms with Gasteiger partial charge in [-0.2, -0.15) is 0 Å². The number of carbonyl (C=O) groups is 1. The van der Waals surface area contributed by atoms with Gasteiger partial charge in [0.05, 0.1) is 10.9 Å². The molecule has 5 rings (SSSR count). The van der Waals surface area contributed by atoms with Gasteiger partial charge in [-0.05, 0) is 50.2 Å². The first-order chi connectivity index (χ1) is 14.0. The number of ether oxygens (including phenoxy) is 2. The van der Waals surface area contributed by atoms with Crippen LogP contribution in [0, 0.1) is 0 Å². The van der Waals surface area contributed by atoms with Crippen molar-refractivity contribution in [2.75, 3.05) is 0 Å². The van der Waals surface area contributed by atoms with E-state index in [0.29, 0.717) is 12.2 Å². The summed E-state index contributed by atoms with van der Waals surface area (Å²) in [6, 6.07) is 25.6. The molecule has 0 spiro atoms. The van der Waals surface area contributed by atoms with Crippen LogP contribution in [0.1, 0.15) is 31.4 Å². The lowest BCUT2D eigenvalue weighted by molar-refractivity contribution is -0.150. The fraction of sp³-hybridized carbons (Fsp3) is 0.240. The normalized spacial score (nSPS) is 19.9. The average Bonchev–Trinajstić information content (AvgIpc) is 2.98. The third kappa shape index (κ3) is 3.42. The molecule has 3 aromatic carbocycles. The van der Waals surface area contributed by atoms with Crippen LogP contribution in [-0.2, 0) is 26.8 Å². The Hall–Kier alpha value is -2.72. The molecule has 4 heteroatoms. The highest BCUT2D eigenvalue weighted by molar-refractivity contribution is 7.97. The van der Waals surface area contributed by atoms with Crippen molar-refractivity contribution in [3.63, 3.8) is 0 Å². The van der Waals surface area contributed by atoms with Crippen molar-refractivity contribution in [3.8, 4) is 5.75 Å². The molecular formula is C25H23O3S+. The Morgan fingerprint density at radius 2 is 1.48 bits per heavy atom. The summed E-state index contributed by atoms with van der Waals surface area (Å²) in [5, 5.41) is 0. The minimum absolute atomic E-state index is 0.137. The second kappa shape index (κ2) is 6.96. The molecule has 1 unspecified atom stereocenters. The van der Waals surface area contributed by atoms with E-state index in [0.717, 1.165) is 6.42 Å². The highest BCUT2D eigenvalue weighted by atomic mass is 32.2. The molecule has 2 aliphatic heterocycles. The molecule has 0 radical (unpaired) electrons. The summed E-state index contributed by atoms with van der Waals surface area (Å²) in [7, 11) is -0.137. The molecule has 2 heterocycles. The lowest BCUT2D eigenvalue weighted by atomic mass is 10.0. The Bertz CT molecular complexity index is 1030. The first-order valence-electron chi connectivity index (χ1n) is 9.90. The molecule has 0 amide bonds.